The van der Waals surface area contributed by atoms with Gasteiger partial charge in [0.05, 0.1) is 6.04 Å². The van der Waals surface area contributed by atoms with Gasteiger partial charge in [0.15, 0.2) is 0 Å². The lowest BCUT2D eigenvalue weighted by atomic mass is 10.0. The number of nitrogens with one attached hydrogen (secondary N) is 1. The zero-order chi connectivity index (χ0) is 13.0. The average molecular weight is 253 g/mol. The van der Waals surface area contributed by atoms with Crippen molar-refractivity contribution in [2.75, 3.05) is 32.7 Å². The van der Waals surface area contributed by atoms with Gasteiger partial charge in [0.2, 0.25) is 5.91 Å². The summed E-state index contributed by atoms with van der Waals surface area (Å²) in [4.78, 5) is 17.0. The maximum Gasteiger partial charge on any atom is 0.239 e. The van der Waals surface area contributed by atoms with Gasteiger partial charge in [-0.05, 0) is 52.2 Å². The van der Waals surface area contributed by atoms with E-state index in [1.54, 1.807) is 0 Å². The van der Waals surface area contributed by atoms with E-state index >= 15 is 0 Å². The van der Waals surface area contributed by atoms with Gasteiger partial charge in [-0.15, -0.1) is 0 Å². The van der Waals surface area contributed by atoms with Crippen molar-refractivity contribution in [3.8, 4) is 0 Å². The van der Waals surface area contributed by atoms with E-state index in [2.05, 4.69) is 29.0 Å². The minimum atomic E-state index is 0.0600. The van der Waals surface area contributed by atoms with E-state index in [0.717, 1.165) is 32.5 Å². The highest BCUT2D eigenvalue weighted by Crippen LogP contribution is 2.17. The summed E-state index contributed by atoms with van der Waals surface area (Å²) in [6.07, 6.45) is 4.77. The smallest absolute Gasteiger partial charge is 0.239 e. The van der Waals surface area contributed by atoms with Crippen LogP contribution in [0.1, 0.15) is 39.5 Å². The summed E-state index contributed by atoms with van der Waals surface area (Å²) >= 11 is 0. The maximum atomic E-state index is 12.4. The van der Waals surface area contributed by atoms with Crippen molar-refractivity contribution in [1.82, 2.24) is 15.1 Å². The first-order valence-corrected chi connectivity index (χ1v) is 7.48. The normalized spacial score (nSPS) is 27.8. The Morgan fingerprint density at radius 3 is 2.67 bits per heavy atom. The van der Waals surface area contributed by atoms with E-state index in [1.165, 1.54) is 25.9 Å². The molecule has 104 valence electrons. The number of likely N-dealkylation sites (tertiary alicyclic amines) is 2. The summed E-state index contributed by atoms with van der Waals surface area (Å²) in [7, 11) is 0. The molecular formula is C14H27N3O. The molecule has 0 aromatic heterocycles. The van der Waals surface area contributed by atoms with Gasteiger partial charge in [-0.1, -0.05) is 6.92 Å². The zero-order valence-corrected chi connectivity index (χ0v) is 11.8. The van der Waals surface area contributed by atoms with Gasteiger partial charge < -0.3 is 15.1 Å². The highest BCUT2D eigenvalue weighted by Gasteiger charge is 2.31. The highest BCUT2D eigenvalue weighted by molar-refractivity contribution is 5.82. The minimum absolute atomic E-state index is 0.0600. The van der Waals surface area contributed by atoms with Gasteiger partial charge in [-0.3, -0.25) is 4.79 Å². The molecule has 2 rings (SSSR count). The molecule has 18 heavy (non-hydrogen) atoms. The van der Waals surface area contributed by atoms with Crippen LogP contribution >= 0.6 is 0 Å². The van der Waals surface area contributed by atoms with Crippen molar-refractivity contribution in [1.29, 1.82) is 0 Å². The summed E-state index contributed by atoms with van der Waals surface area (Å²) < 4.78 is 0. The molecule has 0 spiro atoms. The Morgan fingerprint density at radius 1 is 1.28 bits per heavy atom. The third-order valence-corrected chi connectivity index (χ3v) is 4.18. The zero-order valence-electron chi connectivity index (χ0n) is 11.8. The average Bonchev–Trinajstić information content (AvgIpc) is 2.85. The fraction of sp³-hybridized carbons (Fsp3) is 0.929. The molecule has 0 aliphatic carbocycles. The molecule has 2 unspecified atom stereocenters. The third-order valence-electron chi connectivity index (χ3n) is 4.18. The van der Waals surface area contributed by atoms with Crippen molar-refractivity contribution in [3.05, 3.63) is 0 Å². The molecule has 2 aliphatic rings. The molecule has 0 aromatic rings. The molecule has 2 heterocycles. The summed E-state index contributed by atoms with van der Waals surface area (Å²) in [6.45, 7) is 9.56. The van der Waals surface area contributed by atoms with Crippen molar-refractivity contribution in [2.45, 2.75) is 51.6 Å². The molecule has 4 nitrogen and oxygen atoms in total. The summed E-state index contributed by atoms with van der Waals surface area (Å²) in [5.74, 6) is 0.315. The second kappa shape index (κ2) is 6.53. The van der Waals surface area contributed by atoms with Crippen LogP contribution in [-0.4, -0.2) is 60.5 Å². The Labute approximate surface area is 111 Å². The first-order valence-electron chi connectivity index (χ1n) is 7.48. The van der Waals surface area contributed by atoms with Crippen molar-refractivity contribution in [2.24, 2.45) is 0 Å². The quantitative estimate of drug-likeness (QED) is 0.796. The molecule has 0 bridgehead atoms. The Bertz CT molecular complexity index is 274. The SMILES string of the molecule is CCNC1CCCN(C(C)CN2CCCC2)C1=O. The molecule has 2 fully saturated rings. The number of amides is 1. The van der Waals surface area contributed by atoms with Gasteiger partial charge in [0, 0.05) is 19.1 Å². The van der Waals surface area contributed by atoms with Gasteiger partial charge in [0.25, 0.3) is 0 Å². The van der Waals surface area contributed by atoms with E-state index < -0.39 is 0 Å². The van der Waals surface area contributed by atoms with E-state index in [-0.39, 0.29) is 6.04 Å². The number of carbonyl (C=O) groups is 1. The number of rotatable bonds is 5. The van der Waals surface area contributed by atoms with Crippen LogP contribution in [0.4, 0.5) is 0 Å². The number of hydrogen-bond acceptors (Lipinski definition) is 3. The minimum Gasteiger partial charge on any atom is -0.337 e. The second-order valence-corrected chi connectivity index (χ2v) is 5.64. The monoisotopic (exact) mass is 253 g/mol. The summed E-state index contributed by atoms with van der Waals surface area (Å²) in [5, 5.41) is 3.31. The second-order valence-electron chi connectivity index (χ2n) is 5.64. The summed E-state index contributed by atoms with van der Waals surface area (Å²) in [6, 6.07) is 0.418. The van der Waals surface area contributed by atoms with Crippen molar-refractivity contribution in [3.63, 3.8) is 0 Å². The number of hydrogen-bond donors (Lipinski definition) is 1. The largest absolute Gasteiger partial charge is 0.337 e. The number of piperidine rings is 1. The van der Waals surface area contributed by atoms with Crippen molar-refractivity contribution >= 4 is 5.91 Å². The number of likely N-dealkylation sites (N-methyl/N-ethyl adjacent to an activating group) is 1. The standard InChI is InChI=1S/C14H27N3O/c1-3-15-13-7-6-10-17(14(13)18)12(2)11-16-8-4-5-9-16/h12-13,15H,3-11H2,1-2H3. The van der Waals surface area contributed by atoms with Crippen LogP contribution in [0.2, 0.25) is 0 Å². The lowest BCUT2D eigenvalue weighted by molar-refractivity contribution is -0.138. The fourth-order valence-electron chi connectivity index (χ4n) is 3.21. The molecule has 0 saturated carbocycles. The number of carbonyl (C=O) groups excluding carboxylic acids is 1. The molecule has 0 aromatic carbocycles. The predicted octanol–water partition coefficient (Wildman–Crippen LogP) is 1.07. The molecular weight excluding hydrogens is 226 g/mol. The summed E-state index contributed by atoms with van der Waals surface area (Å²) in [5.41, 5.74) is 0. The first kappa shape index (κ1) is 13.8. The molecule has 2 atom stereocenters. The van der Waals surface area contributed by atoms with Crippen molar-refractivity contribution < 1.29 is 4.79 Å². The van der Waals surface area contributed by atoms with Gasteiger partial charge in [0.1, 0.15) is 0 Å². The molecule has 0 radical (unpaired) electrons. The molecule has 1 N–H and O–H groups in total. The van der Waals surface area contributed by atoms with Crippen LogP contribution in [0.3, 0.4) is 0 Å². The van der Waals surface area contributed by atoms with Crippen LogP contribution in [0.25, 0.3) is 0 Å². The van der Waals surface area contributed by atoms with Gasteiger partial charge in [-0.25, -0.2) is 0 Å². The fourth-order valence-corrected chi connectivity index (χ4v) is 3.21. The van der Waals surface area contributed by atoms with Crippen LogP contribution in [0.5, 0.6) is 0 Å². The lowest BCUT2D eigenvalue weighted by Gasteiger charge is -2.38. The van der Waals surface area contributed by atoms with Crippen LogP contribution < -0.4 is 5.32 Å². The molecule has 4 heteroatoms. The van der Waals surface area contributed by atoms with E-state index in [0.29, 0.717) is 11.9 Å². The van der Waals surface area contributed by atoms with Gasteiger partial charge >= 0.3 is 0 Å². The Hall–Kier alpha value is -0.610. The highest BCUT2D eigenvalue weighted by atomic mass is 16.2. The first-order chi connectivity index (χ1) is 8.72. The molecule has 2 aliphatic heterocycles. The Kier molecular flexibility index (Phi) is 5.01. The Morgan fingerprint density at radius 2 is 2.00 bits per heavy atom. The van der Waals surface area contributed by atoms with Crippen LogP contribution in [0.15, 0.2) is 0 Å². The van der Waals surface area contributed by atoms with E-state index in [4.69, 9.17) is 0 Å². The van der Waals surface area contributed by atoms with Crippen LogP contribution in [0, 0.1) is 0 Å². The number of nitrogens with zero attached hydrogens (tertiary/aromatic N) is 2. The lowest BCUT2D eigenvalue weighted by Crippen LogP contribution is -2.55. The van der Waals surface area contributed by atoms with Gasteiger partial charge in [-0.2, -0.15) is 0 Å². The third kappa shape index (κ3) is 3.23. The Balaban J connectivity index is 1.87. The molecule has 1 amide bonds. The maximum absolute atomic E-state index is 12.4. The van der Waals surface area contributed by atoms with E-state index in [9.17, 15) is 4.79 Å². The predicted molar refractivity (Wildman–Crippen MR) is 73.5 cm³/mol. The topological polar surface area (TPSA) is 35.6 Å². The molecule has 2 saturated heterocycles. The van der Waals surface area contributed by atoms with E-state index in [1.807, 2.05) is 0 Å². The van der Waals surface area contributed by atoms with Crippen LogP contribution in [-0.2, 0) is 4.79 Å².